The van der Waals surface area contributed by atoms with E-state index in [1.54, 1.807) is 0 Å². The third kappa shape index (κ3) is 6.28. The molecule has 0 aromatic rings. The normalized spacial score (nSPS) is 21.4. The van der Waals surface area contributed by atoms with Crippen LogP contribution in [0.1, 0.15) is 73.6 Å². The molecule has 0 bridgehead atoms. The van der Waals surface area contributed by atoms with Crippen LogP contribution in [0.5, 0.6) is 0 Å². The summed E-state index contributed by atoms with van der Waals surface area (Å²) in [4.78, 5) is 11.9. The number of carbonyl (C=O) groups is 1. The fourth-order valence-corrected chi connectivity index (χ4v) is 2.59. The summed E-state index contributed by atoms with van der Waals surface area (Å²) >= 11 is 0. The van der Waals surface area contributed by atoms with Gasteiger partial charge in [0.2, 0.25) is 5.91 Å². The average Bonchev–Trinajstić information content (AvgIpc) is 3.18. The Morgan fingerprint density at radius 3 is 2.05 bits per heavy atom. The van der Waals surface area contributed by atoms with Crippen LogP contribution < -0.4 is 5.32 Å². The second-order valence-electron chi connectivity index (χ2n) is 7.67. The second-order valence-corrected chi connectivity index (χ2v) is 7.67. The summed E-state index contributed by atoms with van der Waals surface area (Å²) in [7, 11) is 0. The molecule has 0 radical (unpaired) electrons. The van der Waals surface area contributed by atoms with Gasteiger partial charge in [0.25, 0.3) is 0 Å². The minimum Gasteiger partial charge on any atom is -0.353 e. The first-order valence-corrected chi connectivity index (χ1v) is 8.61. The van der Waals surface area contributed by atoms with E-state index < -0.39 is 0 Å². The maximum absolute atomic E-state index is 11.9. The summed E-state index contributed by atoms with van der Waals surface area (Å²) in [5.74, 6) is 3.48. The minimum atomic E-state index is 0.174. The zero-order valence-corrected chi connectivity index (χ0v) is 14.4. The lowest BCUT2D eigenvalue weighted by molar-refractivity contribution is -0.124. The molecule has 2 nitrogen and oxygen atoms in total. The molecule has 0 aromatic carbocycles. The Bertz CT molecular complexity index is 296. The molecule has 1 saturated carbocycles. The van der Waals surface area contributed by atoms with Gasteiger partial charge in [-0.15, -0.1) is 0 Å². The Labute approximate surface area is 126 Å². The van der Waals surface area contributed by atoms with Crippen LogP contribution in [-0.2, 0) is 4.79 Å². The number of nitrogens with one attached hydrogen (secondary N) is 1. The molecule has 0 aromatic heterocycles. The lowest BCUT2D eigenvalue weighted by Crippen LogP contribution is -2.31. The lowest BCUT2D eigenvalue weighted by atomic mass is 9.80. The van der Waals surface area contributed by atoms with Crippen LogP contribution in [0.25, 0.3) is 0 Å². The van der Waals surface area contributed by atoms with Crippen LogP contribution in [0, 0.1) is 29.6 Å². The highest BCUT2D eigenvalue weighted by Crippen LogP contribution is 2.28. The summed E-state index contributed by atoms with van der Waals surface area (Å²) in [6, 6.07) is 0.494. The van der Waals surface area contributed by atoms with Crippen LogP contribution in [-0.4, -0.2) is 11.9 Å². The molecule has 20 heavy (non-hydrogen) atoms. The van der Waals surface area contributed by atoms with Gasteiger partial charge in [0.05, 0.1) is 0 Å². The maximum Gasteiger partial charge on any atom is 0.223 e. The second kappa shape index (κ2) is 8.05. The number of amides is 1. The predicted octanol–water partition coefficient (Wildman–Crippen LogP) is 4.64. The van der Waals surface area contributed by atoms with Gasteiger partial charge in [-0.2, -0.15) is 0 Å². The molecule has 2 heteroatoms. The Kier molecular flexibility index (Phi) is 7.05. The molecule has 1 rings (SSSR count). The van der Waals surface area contributed by atoms with Crippen LogP contribution >= 0.6 is 0 Å². The van der Waals surface area contributed by atoms with E-state index in [2.05, 4.69) is 46.9 Å². The zero-order valence-electron chi connectivity index (χ0n) is 14.4. The van der Waals surface area contributed by atoms with Crippen molar-refractivity contribution in [2.75, 3.05) is 0 Å². The minimum absolute atomic E-state index is 0.174. The van der Waals surface area contributed by atoms with E-state index in [-0.39, 0.29) is 11.8 Å². The Morgan fingerprint density at radius 2 is 1.55 bits per heavy atom. The summed E-state index contributed by atoms with van der Waals surface area (Å²) in [5, 5.41) is 3.11. The van der Waals surface area contributed by atoms with Crippen molar-refractivity contribution in [1.29, 1.82) is 0 Å². The smallest absolute Gasteiger partial charge is 0.223 e. The highest BCUT2D eigenvalue weighted by molar-refractivity contribution is 5.78. The van der Waals surface area contributed by atoms with Crippen molar-refractivity contribution in [1.82, 2.24) is 5.32 Å². The third-order valence-corrected chi connectivity index (χ3v) is 5.28. The van der Waals surface area contributed by atoms with Crippen molar-refractivity contribution >= 4 is 5.91 Å². The molecule has 1 aliphatic rings. The van der Waals surface area contributed by atoms with Crippen molar-refractivity contribution in [2.45, 2.75) is 79.7 Å². The van der Waals surface area contributed by atoms with Crippen molar-refractivity contribution in [3.63, 3.8) is 0 Å². The van der Waals surface area contributed by atoms with Crippen molar-refractivity contribution in [3.8, 4) is 0 Å². The van der Waals surface area contributed by atoms with E-state index in [0.29, 0.717) is 12.0 Å². The third-order valence-electron chi connectivity index (χ3n) is 5.28. The van der Waals surface area contributed by atoms with Gasteiger partial charge in [-0.25, -0.2) is 0 Å². The van der Waals surface area contributed by atoms with Crippen molar-refractivity contribution in [3.05, 3.63) is 0 Å². The topological polar surface area (TPSA) is 29.1 Å². The highest BCUT2D eigenvalue weighted by atomic mass is 16.1. The molecule has 1 amide bonds. The van der Waals surface area contributed by atoms with Gasteiger partial charge in [-0.05, 0) is 55.8 Å². The molecule has 0 spiro atoms. The number of rotatable bonds is 9. The van der Waals surface area contributed by atoms with Gasteiger partial charge in [0.1, 0.15) is 0 Å². The fraction of sp³-hybridized carbons (Fsp3) is 0.944. The first-order valence-electron chi connectivity index (χ1n) is 8.61. The predicted molar refractivity (Wildman–Crippen MR) is 86.5 cm³/mol. The first-order chi connectivity index (χ1) is 9.31. The SMILES string of the molecule is CC(CCC(C)C(C)CC(C)C(C)C)C(=O)NC1CC1. The summed E-state index contributed by atoms with van der Waals surface area (Å²) in [5.41, 5.74) is 0. The highest BCUT2D eigenvalue weighted by Gasteiger charge is 2.26. The molecule has 0 aliphatic heterocycles. The quantitative estimate of drug-likeness (QED) is 0.655. The number of hydrogen-bond acceptors (Lipinski definition) is 1. The van der Waals surface area contributed by atoms with Gasteiger partial charge in [-0.1, -0.05) is 41.5 Å². The van der Waals surface area contributed by atoms with E-state index in [1.807, 2.05) is 0 Å². The first kappa shape index (κ1) is 17.5. The van der Waals surface area contributed by atoms with E-state index in [9.17, 15) is 4.79 Å². The van der Waals surface area contributed by atoms with Gasteiger partial charge in [0, 0.05) is 12.0 Å². The van der Waals surface area contributed by atoms with Gasteiger partial charge >= 0.3 is 0 Å². The molecule has 4 unspecified atom stereocenters. The van der Waals surface area contributed by atoms with E-state index in [0.717, 1.165) is 24.2 Å². The molecule has 1 N–H and O–H groups in total. The molecule has 4 atom stereocenters. The van der Waals surface area contributed by atoms with Gasteiger partial charge < -0.3 is 5.32 Å². The molecule has 0 heterocycles. The van der Waals surface area contributed by atoms with Crippen molar-refractivity contribution in [2.24, 2.45) is 29.6 Å². The number of hydrogen-bond donors (Lipinski definition) is 1. The average molecular weight is 281 g/mol. The maximum atomic E-state index is 11.9. The fourth-order valence-electron chi connectivity index (χ4n) is 2.59. The molecular formula is C18H35NO. The van der Waals surface area contributed by atoms with Crippen molar-refractivity contribution < 1.29 is 4.79 Å². The van der Waals surface area contributed by atoms with E-state index >= 15 is 0 Å². The molecule has 1 fully saturated rings. The number of carbonyl (C=O) groups excluding carboxylic acids is 1. The molecule has 118 valence electrons. The summed E-state index contributed by atoms with van der Waals surface area (Å²) in [6.07, 6.45) is 5.87. The van der Waals surface area contributed by atoms with Crippen LogP contribution in [0.2, 0.25) is 0 Å². The van der Waals surface area contributed by atoms with Gasteiger partial charge in [0.15, 0.2) is 0 Å². The van der Waals surface area contributed by atoms with Gasteiger partial charge in [-0.3, -0.25) is 4.79 Å². The zero-order chi connectivity index (χ0) is 15.3. The molecular weight excluding hydrogens is 246 g/mol. The Hall–Kier alpha value is -0.530. The van der Waals surface area contributed by atoms with Crippen LogP contribution in [0.3, 0.4) is 0 Å². The standard InChI is InChI=1S/C18H35NO/c1-12(2)15(5)11-16(6)13(3)7-8-14(4)18(20)19-17-9-10-17/h12-17H,7-11H2,1-6H3,(H,19,20). The lowest BCUT2D eigenvalue weighted by Gasteiger charge is -2.26. The molecule has 1 aliphatic carbocycles. The summed E-state index contributed by atoms with van der Waals surface area (Å²) < 4.78 is 0. The Morgan fingerprint density at radius 1 is 0.950 bits per heavy atom. The monoisotopic (exact) mass is 281 g/mol. The van der Waals surface area contributed by atoms with E-state index in [4.69, 9.17) is 0 Å². The largest absolute Gasteiger partial charge is 0.353 e. The Balaban J connectivity index is 2.23. The summed E-state index contributed by atoms with van der Waals surface area (Å²) in [6.45, 7) is 13.8. The van der Waals surface area contributed by atoms with Crippen LogP contribution in [0.15, 0.2) is 0 Å². The van der Waals surface area contributed by atoms with E-state index in [1.165, 1.54) is 25.7 Å². The molecule has 0 saturated heterocycles. The van der Waals surface area contributed by atoms with Crippen LogP contribution in [0.4, 0.5) is 0 Å².